The van der Waals surface area contributed by atoms with Crippen LogP contribution in [0, 0.1) is 11.8 Å². The molecule has 2 aliphatic heterocycles. The van der Waals surface area contributed by atoms with Crippen LogP contribution in [0.5, 0.6) is 0 Å². The first-order valence-electron chi connectivity index (χ1n) is 10.6. The predicted octanol–water partition coefficient (Wildman–Crippen LogP) is 2.09. The van der Waals surface area contributed by atoms with E-state index in [2.05, 4.69) is 9.98 Å². The lowest BCUT2D eigenvalue weighted by molar-refractivity contribution is -0.134. The topological polar surface area (TPSA) is 170 Å². The molecule has 2 aliphatic carbocycles. The average Bonchev–Trinajstić information content (AvgIpc) is 3.66. The number of carbonyl (C=O) groups is 2. The Labute approximate surface area is 196 Å². The third-order valence-corrected chi connectivity index (χ3v) is 6.26. The van der Waals surface area contributed by atoms with Gasteiger partial charge >= 0.3 is 11.9 Å². The summed E-state index contributed by atoms with van der Waals surface area (Å²) in [6, 6.07) is 0. The number of ether oxygens (including phenoxy) is 2. The first-order valence-corrected chi connectivity index (χ1v) is 12.6. The number of rotatable bonds is 8. The molecular weight excluding hydrogens is 456 g/mol. The zero-order valence-electron chi connectivity index (χ0n) is 17.9. The van der Waals surface area contributed by atoms with Crippen molar-refractivity contribution in [1.82, 2.24) is 0 Å². The Bertz CT molecular complexity index is 652. The number of hydrogen-bond donors (Lipinski definition) is 4. The molecule has 4 aliphatic rings. The fourth-order valence-corrected chi connectivity index (χ4v) is 3.90. The Balaban J connectivity index is 0.000000175. The monoisotopic (exact) mass is 488 g/mol. The summed E-state index contributed by atoms with van der Waals surface area (Å²) in [7, 11) is 0. The number of carboxylic acids is 2. The van der Waals surface area contributed by atoms with Crippen molar-refractivity contribution >= 4 is 45.8 Å². The summed E-state index contributed by atoms with van der Waals surface area (Å²) in [4.78, 5) is 27.5. The largest absolute Gasteiger partial charge is 0.478 e. The van der Waals surface area contributed by atoms with E-state index in [4.69, 9.17) is 31.2 Å². The minimum Gasteiger partial charge on any atom is -0.478 e. The highest BCUT2D eigenvalue weighted by molar-refractivity contribution is 8.14. The van der Waals surface area contributed by atoms with E-state index in [-0.39, 0.29) is 12.5 Å². The van der Waals surface area contributed by atoms with Gasteiger partial charge in [-0.05, 0) is 37.5 Å². The fourth-order valence-electron chi connectivity index (χ4n) is 2.46. The number of thioether (sulfide) groups is 2. The van der Waals surface area contributed by atoms with E-state index < -0.39 is 11.9 Å². The number of carboxylic acid groups (broad SMARTS) is 2. The highest BCUT2D eigenvalue weighted by Gasteiger charge is 2.24. The SMILES string of the molecule is NC1=NC(OCC2CC2)CCS1.NC1=NC(OCC2CC2)CCS1.O=C(O)/C=C/C(=O)O. The van der Waals surface area contributed by atoms with Crippen LogP contribution in [0.15, 0.2) is 22.1 Å². The van der Waals surface area contributed by atoms with Gasteiger partial charge in [-0.1, -0.05) is 23.5 Å². The van der Waals surface area contributed by atoms with E-state index in [0.717, 1.165) is 49.4 Å². The number of aliphatic carboxylic acids is 2. The Hall–Kier alpha value is -1.76. The van der Waals surface area contributed by atoms with Crippen LogP contribution >= 0.6 is 23.5 Å². The number of nitrogens with two attached hydrogens (primary N) is 2. The van der Waals surface area contributed by atoms with E-state index in [0.29, 0.717) is 22.5 Å². The number of aliphatic imine (C=N–C) groups is 2. The highest BCUT2D eigenvalue weighted by Crippen LogP contribution is 2.30. The molecule has 2 saturated carbocycles. The van der Waals surface area contributed by atoms with Crippen molar-refractivity contribution in [2.45, 2.75) is 51.0 Å². The minimum atomic E-state index is -1.26. The molecule has 4 rings (SSSR count). The molecule has 2 heterocycles. The van der Waals surface area contributed by atoms with Crippen LogP contribution in [0.2, 0.25) is 0 Å². The van der Waals surface area contributed by atoms with Crippen molar-refractivity contribution in [2.24, 2.45) is 33.3 Å². The Kier molecular flexibility index (Phi) is 11.9. The molecule has 0 aromatic carbocycles. The summed E-state index contributed by atoms with van der Waals surface area (Å²) in [6.07, 6.45) is 8.57. The first-order chi connectivity index (χ1) is 15.3. The molecule has 10 nitrogen and oxygen atoms in total. The van der Waals surface area contributed by atoms with Crippen molar-refractivity contribution in [1.29, 1.82) is 0 Å². The molecule has 12 heteroatoms. The summed E-state index contributed by atoms with van der Waals surface area (Å²) in [6.45, 7) is 1.76. The summed E-state index contributed by atoms with van der Waals surface area (Å²) in [5.74, 6) is 1.21. The molecule has 0 amide bonds. The second kappa shape index (κ2) is 14.4. The average molecular weight is 489 g/mol. The number of hydrogen-bond acceptors (Lipinski definition) is 10. The van der Waals surface area contributed by atoms with Gasteiger partial charge in [-0.25, -0.2) is 19.6 Å². The van der Waals surface area contributed by atoms with Gasteiger partial charge in [-0.2, -0.15) is 0 Å². The molecule has 0 saturated heterocycles. The summed E-state index contributed by atoms with van der Waals surface area (Å²) >= 11 is 3.24. The number of amidine groups is 2. The van der Waals surface area contributed by atoms with Crippen molar-refractivity contribution in [3.8, 4) is 0 Å². The van der Waals surface area contributed by atoms with E-state index in [1.807, 2.05) is 0 Å². The van der Waals surface area contributed by atoms with E-state index in [1.54, 1.807) is 23.5 Å². The Morgan fingerprint density at radius 2 is 1.19 bits per heavy atom. The van der Waals surface area contributed by atoms with Gasteiger partial charge in [-0.3, -0.25) is 0 Å². The maximum Gasteiger partial charge on any atom is 0.328 e. The molecule has 0 radical (unpaired) electrons. The lowest BCUT2D eigenvalue weighted by Crippen LogP contribution is -2.23. The Morgan fingerprint density at radius 3 is 1.47 bits per heavy atom. The zero-order valence-corrected chi connectivity index (χ0v) is 19.6. The molecule has 0 bridgehead atoms. The molecule has 2 fully saturated rings. The maximum absolute atomic E-state index is 9.55. The summed E-state index contributed by atoms with van der Waals surface area (Å²) in [5.41, 5.74) is 11.2. The molecule has 0 spiro atoms. The van der Waals surface area contributed by atoms with Gasteiger partial charge in [-0.15, -0.1) is 0 Å². The van der Waals surface area contributed by atoms with Gasteiger partial charge in [0.05, 0.1) is 13.2 Å². The van der Waals surface area contributed by atoms with Crippen molar-refractivity contribution in [3.05, 3.63) is 12.2 Å². The fraction of sp³-hybridized carbons (Fsp3) is 0.700. The van der Waals surface area contributed by atoms with Crippen LogP contribution in [0.3, 0.4) is 0 Å². The third kappa shape index (κ3) is 13.6. The predicted molar refractivity (Wildman–Crippen MR) is 127 cm³/mol. The molecule has 180 valence electrons. The van der Waals surface area contributed by atoms with Crippen molar-refractivity contribution in [2.75, 3.05) is 24.7 Å². The standard InChI is InChI=1S/2C8H14N2OS.C4H4O4/c2*9-8-10-7(3-4-12-8)11-5-6-1-2-6;5-3(6)1-2-4(7)8/h2*6-7H,1-5H2,(H2,9,10);1-2H,(H,5,6)(H,7,8)/b;;2-1+. The molecule has 32 heavy (non-hydrogen) atoms. The Morgan fingerprint density at radius 1 is 0.812 bits per heavy atom. The molecule has 2 atom stereocenters. The van der Waals surface area contributed by atoms with Gasteiger partial charge < -0.3 is 31.2 Å². The zero-order chi connectivity index (χ0) is 23.3. The first kappa shape index (κ1) is 26.5. The van der Waals surface area contributed by atoms with Crippen LogP contribution in [-0.2, 0) is 19.1 Å². The van der Waals surface area contributed by atoms with Crippen LogP contribution in [-0.4, -0.2) is 69.7 Å². The van der Waals surface area contributed by atoms with E-state index in [9.17, 15) is 9.59 Å². The molecular formula is C20H32N4O6S2. The third-order valence-electron chi connectivity index (χ3n) is 4.58. The summed E-state index contributed by atoms with van der Waals surface area (Å²) in [5, 5.41) is 17.0. The van der Waals surface area contributed by atoms with Crippen LogP contribution in [0.4, 0.5) is 0 Å². The quantitative estimate of drug-likeness (QED) is 0.371. The van der Waals surface area contributed by atoms with Crippen molar-refractivity contribution < 1.29 is 29.3 Å². The van der Waals surface area contributed by atoms with Gasteiger partial charge in [0, 0.05) is 36.5 Å². The van der Waals surface area contributed by atoms with Gasteiger partial charge in [0.1, 0.15) is 0 Å². The molecule has 0 aromatic rings. The van der Waals surface area contributed by atoms with Crippen molar-refractivity contribution in [3.63, 3.8) is 0 Å². The van der Waals surface area contributed by atoms with Crippen LogP contribution in [0.25, 0.3) is 0 Å². The maximum atomic E-state index is 9.55. The van der Waals surface area contributed by atoms with E-state index in [1.165, 1.54) is 25.7 Å². The normalized spacial score (nSPS) is 24.9. The summed E-state index contributed by atoms with van der Waals surface area (Å²) < 4.78 is 11.2. The molecule has 0 aromatic heterocycles. The van der Waals surface area contributed by atoms with Gasteiger partial charge in [0.15, 0.2) is 22.8 Å². The lowest BCUT2D eigenvalue weighted by Gasteiger charge is -2.18. The highest BCUT2D eigenvalue weighted by atomic mass is 32.2. The van der Waals surface area contributed by atoms with E-state index >= 15 is 0 Å². The van der Waals surface area contributed by atoms with Crippen LogP contribution in [0.1, 0.15) is 38.5 Å². The second-order valence-corrected chi connectivity index (χ2v) is 9.91. The minimum absolute atomic E-state index is 0.0480. The van der Waals surface area contributed by atoms with Gasteiger partial charge in [0.25, 0.3) is 0 Å². The molecule has 6 N–H and O–H groups in total. The number of nitrogens with zero attached hydrogens (tertiary/aromatic N) is 2. The molecule has 2 unspecified atom stereocenters. The lowest BCUT2D eigenvalue weighted by atomic mass is 10.4. The van der Waals surface area contributed by atoms with Gasteiger partial charge in [0.2, 0.25) is 0 Å². The smallest absolute Gasteiger partial charge is 0.328 e. The van der Waals surface area contributed by atoms with Crippen LogP contribution < -0.4 is 11.5 Å². The second-order valence-electron chi connectivity index (χ2n) is 7.68.